The molecule has 0 saturated carbocycles. The molecule has 1 aliphatic rings. The molecule has 10 nitrogen and oxygen atoms in total. The molecule has 1 aliphatic heterocycles. The quantitative estimate of drug-likeness (QED) is 0.135. The van der Waals surface area contributed by atoms with Gasteiger partial charge < -0.3 is 9.88 Å². The SMILES string of the molecule is CC(C)C(=O)c1[nH]c2ccc(F)cc2c1-c1cn(CC2CCN(CCNS(=O)(=O)c3ccc(-c4cccnc4Cl)cc3)CC2)nn1. The number of H-pyrrole nitrogens is 1. The van der Waals surface area contributed by atoms with E-state index in [1.165, 1.54) is 12.1 Å². The minimum absolute atomic E-state index is 0.0695. The van der Waals surface area contributed by atoms with E-state index >= 15 is 0 Å². The number of hydrogen-bond donors (Lipinski definition) is 2. The number of likely N-dealkylation sites (tertiary alicyclic amines) is 1. The maximum absolute atomic E-state index is 14.2. The predicted molar refractivity (Wildman–Crippen MR) is 175 cm³/mol. The van der Waals surface area contributed by atoms with Crippen molar-refractivity contribution in [2.24, 2.45) is 11.8 Å². The zero-order valence-electron chi connectivity index (χ0n) is 25.6. The normalized spacial score (nSPS) is 14.8. The highest BCUT2D eigenvalue weighted by atomic mass is 35.5. The summed E-state index contributed by atoms with van der Waals surface area (Å²) in [5.41, 5.74) is 3.73. The van der Waals surface area contributed by atoms with Crippen molar-refractivity contribution in [1.29, 1.82) is 0 Å². The Hall–Kier alpha value is -3.97. The molecule has 0 unspecified atom stereocenters. The van der Waals surface area contributed by atoms with Crippen molar-refractivity contribution in [1.82, 2.24) is 34.6 Å². The number of piperidine rings is 1. The molecule has 5 aromatic rings. The summed E-state index contributed by atoms with van der Waals surface area (Å²) in [6, 6.07) is 14.6. The Morgan fingerprint density at radius 2 is 1.89 bits per heavy atom. The third kappa shape index (κ3) is 6.90. The van der Waals surface area contributed by atoms with Gasteiger partial charge in [0, 0.05) is 53.8 Å². The van der Waals surface area contributed by atoms with Crippen LogP contribution in [0.2, 0.25) is 5.15 Å². The van der Waals surface area contributed by atoms with Gasteiger partial charge in [0.2, 0.25) is 10.0 Å². The number of ketones is 1. The van der Waals surface area contributed by atoms with Crippen molar-refractivity contribution in [3.63, 3.8) is 0 Å². The van der Waals surface area contributed by atoms with Crippen LogP contribution in [-0.2, 0) is 16.6 Å². The van der Waals surface area contributed by atoms with Crippen LogP contribution in [0.15, 0.2) is 71.9 Å². The van der Waals surface area contributed by atoms with Crippen molar-refractivity contribution in [2.75, 3.05) is 26.2 Å². The highest BCUT2D eigenvalue weighted by Gasteiger charge is 2.25. The lowest BCUT2D eigenvalue weighted by atomic mass is 9.97. The second-order valence-corrected chi connectivity index (χ2v) is 14.1. The molecule has 1 fully saturated rings. The van der Waals surface area contributed by atoms with E-state index in [4.69, 9.17) is 11.6 Å². The molecular formula is C33H35ClFN7O3S. The van der Waals surface area contributed by atoms with Gasteiger partial charge in [0.05, 0.1) is 16.8 Å². The first-order chi connectivity index (χ1) is 22.1. The van der Waals surface area contributed by atoms with E-state index in [0.717, 1.165) is 37.1 Å². The van der Waals surface area contributed by atoms with Gasteiger partial charge in [-0.2, -0.15) is 0 Å². The average Bonchev–Trinajstić information content (AvgIpc) is 3.65. The van der Waals surface area contributed by atoms with Gasteiger partial charge >= 0.3 is 0 Å². The topological polar surface area (TPSA) is 126 Å². The molecule has 0 aliphatic carbocycles. The summed E-state index contributed by atoms with van der Waals surface area (Å²) in [4.78, 5) is 22.7. The molecule has 240 valence electrons. The summed E-state index contributed by atoms with van der Waals surface area (Å²) < 4.78 is 44.4. The van der Waals surface area contributed by atoms with Crippen molar-refractivity contribution in [3.8, 4) is 22.4 Å². The smallest absolute Gasteiger partial charge is 0.240 e. The molecule has 46 heavy (non-hydrogen) atoms. The molecule has 1 saturated heterocycles. The third-order valence-corrected chi connectivity index (χ3v) is 10.2. The Morgan fingerprint density at radius 3 is 2.61 bits per heavy atom. The molecule has 0 amide bonds. The second kappa shape index (κ2) is 13.4. The third-order valence-electron chi connectivity index (χ3n) is 8.43. The number of halogens is 2. The zero-order valence-corrected chi connectivity index (χ0v) is 27.2. The van der Waals surface area contributed by atoms with Crippen LogP contribution in [0.4, 0.5) is 4.39 Å². The summed E-state index contributed by atoms with van der Waals surface area (Å²) in [5.74, 6) is -0.326. The molecule has 0 bridgehead atoms. The number of fused-ring (bicyclic) bond motifs is 1. The maximum atomic E-state index is 14.2. The summed E-state index contributed by atoms with van der Waals surface area (Å²) in [5, 5.41) is 9.67. The van der Waals surface area contributed by atoms with E-state index in [1.807, 2.05) is 26.1 Å². The highest BCUT2D eigenvalue weighted by Crippen LogP contribution is 2.33. The number of hydrogen-bond acceptors (Lipinski definition) is 7. The molecule has 4 heterocycles. The minimum Gasteiger partial charge on any atom is -0.352 e. The standard InChI is InChI=1S/C33H35ClFN7O3S/c1-21(2)32(43)31-30(27-18-24(35)7-10-28(27)38-31)29-20-42(40-39-29)19-22-11-15-41(16-12-22)17-14-37-46(44,45)25-8-5-23(6-9-25)26-4-3-13-36-33(26)34/h3-10,13,18,20-22,37-38H,11-12,14-17,19H2,1-2H3. The Bertz CT molecular complexity index is 1970. The van der Waals surface area contributed by atoms with Crippen LogP contribution in [0.25, 0.3) is 33.3 Å². The Kier molecular flexibility index (Phi) is 9.32. The van der Waals surface area contributed by atoms with Gasteiger partial charge in [0.1, 0.15) is 16.7 Å². The Balaban J connectivity index is 1.02. The molecule has 3 aromatic heterocycles. The van der Waals surface area contributed by atoms with Crippen molar-refractivity contribution in [3.05, 3.63) is 83.7 Å². The minimum atomic E-state index is -3.66. The maximum Gasteiger partial charge on any atom is 0.240 e. The molecule has 0 spiro atoms. The number of rotatable bonds is 11. The van der Waals surface area contributed by atoms with E-state index in [-0.39, 0.29) is 22.4 Å². The van der Waals surface area contributed by atoms with Gasteiger partial charge in [-0.3, -0.25) is 9.48 Å². The summed E-state index contributed by atoms with van der Waals surface area (Å²) in [6.07, 6.45) is 5.28. The second-order valence-electron chi connectivity index (χ2n) is 12.0. The summed E-state index contributed by atoms with van der Waals surface area (Å²) >= 11 is 6.17. The van der Waals surface area contributed by atoms with Crippen molar-refractivity contribution in [2.45, 2.75) is 38.1 Å². The number of sulfonamides is 1. The predicted octanol–water partition coefficient (Wildman–Crippen LogP) is 5.81. The lowest BCUT2D eigenvalue weighted by Gasteiger charge is -2.31. The van der Waals surface area contributed by atoms with E-state index in [9.17, 15) is 17.6 Å². The van der Waals surface area contributed by atoms with E-state index in [1.54, 1.807) is 47.3 Å². The fourth-order valence-electron chi connectivity index (χ4n) is 5.90. The summed E-state index contributed by atoms with van der Waals surface area (Å²) in [6.45, 7) is 6.90. The Morgan fingerprint density at radius 1 is 1.13 bits per heavy atom. The van der Waals surface area contributed by atoms with Crippen LogP contribution >= 0.6 is 11.6 Å². The highest BCUT2D eigenvalue weighted by molar-refractivity contribution is 7.89. The van der Waals surface area contributed by atoms with Gasteiger partial charge in [-0.15, -0.1) is 5.10 Å². The van der Waals surface area contributed by atoms with E-state index in [2.05, 4.69) is 29.9 Å². The molecule has 6 rings (SSSR count). The van der Waals surface area contributed by atoms with Gasteiger partial charge in [-0.25, -0.2) is 22.5 Å². The number of nitrogens with one attached hydrogen (secondary N) is 2. The van der Waals surface area contributed by atoms with E-state index in [0.29, 0.717) is 58.6 Å². The number of aromatic nitrogens is 5. The number of Topliss-reactive ketones (excluding diaryl/α,β-unsaturated/α-hetero) is 1. The molecule has 0 atom stereocenters. The van der Waals surface area contributed by atoms with Crippen LogP contribution in [0.1, 0.15) is 37.2 Å². The zero-order chi connectivity index (χ0) is 32.4. The van der Waals surface area contributed by atoms with Crippen molar-refractivity contribution < 1.29 is 17.6 Å². The number of carbonyl (C=O) groups is 1. The van der Waals surface area contributed by atoms with Gasteiger partial charge in [0.25, 0.3) is 0 Å². The molecule has 2 aromatic carbocycles. The molecule has 2 N–H and O–H groups in total. The van der Waals surface area contributed by atoms with Gasteiger partial charge in [-0.05, 0) is 79.9 Å². The first-order valence-electron chi connectivity index (χ1n) is 15.3. The van der Waals surface area contributed by atoms with Gasteiger partial charge in [-0.1, -0.05) is 42.8 Å². The lowest BCUT2D eigenvalue weighted by Crippen LogP contribution is -2.40. The largest absolute Gasteiger partial charge is 0.352 e. The van der Waals surface area contributed by atoms with Crippen LogP contribution in [0.5, 0.6) is 0 Å². The number of pyridine rings is 1. The Labute approximate surface area is 272 Å². The molecular weight excluding hydrogens is 629 g/mol. The number of nitrogens with zero attached hydrogens (tertiary/aromatic N) is 5. The first-order valence-corrected chi connectivity index (χ1v) is 17.1. The van der Waals surface area contributed by atoms with Crippen LogP contribution < -0.4 is 4.72 Å². The lowest BCUT2D eigenvalue weighted by molar-refractivity contribution is 0.0936. The first kappa shape index (κ1) is 32.0. The van der Waals surface area contributed by atoms with Gasteiger partial charge in [0.15, 0.2) is 5.78 Å². The number of carbonyl (C=O) groups excluding carboxylic acids is 1. The number of aromatic amines is 1. The number of benzene rings is 2. The fraction of sp³-hybridized carbons (Fsp3) is 0.333. The fourth-order valence-corrected chi connectivity index (χ4v) is 7.15. The monoisotopic (exact) mass is 663 g/mol. The average molecular weight is 664 g/mol. The van der Waals surface area contributed by atoms with E-state index < -0.39 is 10.0 Å². The molecule has 0 radical (unpaired) electrons. The van der Waals surface area contributed by atoms with Crippen LogP contribution in [-0.4, -0.2) is 70.2 Å². The molecule has 13 heteroatoms. The summed E-state index contributed by atoms with van der Waals surface area (Å²) in [7, 11) is -3.66. The van der Waals surface area contributed by atoms with Crippen LogP contribution in [0.3, 0.4) is 0 Å². The van der Waals surface area contributed by atoms with Crippen LogP contribution in [0, 0.1) is 17.7 Å². The van der Waals surface area contributed by atoms with Crippen molar-refractivity contribution >= 4 is 38.3 Å².